The van der Waals surface area contributed by atoms with E-state index >= 15 is 0 Å². The first-order valence-corrected chi connectivity index (χ1v) is 17.5. The van der Waals surface area contributed by atoms with Crippen LogP contribution in [-0.4, -0.2) is 41.8 Å². The first-order chi connectivity index (χ1) is 21.9. The minimum atomic E-state index is -1.46. The molecular weight excluding hydrogens is 564 g/mol. The molecule has 7 nitrogen and oxygen atoms in total. The van der Waals surface area contributed by atoms with Crippen LogP contribution in [0, 0.1) is 0 Å². The van der Waals surface area contributed by atoms with Gasteiger partial charge in [0.2, 0.25) is 5.91 Å². The number of carbonyl (C=O) groups excluding carboxylic acids is 2. The zero-order chi connectivity index (χ0) is 32.3. The zero-order valence-corrected chi connectivity index (χ0v) is 27.7. The fourth-order valence-corrected chi connectivity index (χ4v) is 6.31. The van der Waals surface area contributed by atoms with Gasteiger partial charge in [-0.05, 0) is 54.9 Å². The van der Waals surface area contributed by atoms with Gasteiger partial charge < -0.3 is 20.5 Å². The molecule has 2 amide bonds. The van der Waals surface area contributed by atoms with Crippen molar-refractivity contribution in [1.82, 2.24) is 10.6 Å². The van der Waals surface area contributed by atoms with Gasteiger partial charge >= 0.3 is 12.1 Å². The Kier molecular flexibility index (Phi) is 16.0. The van der Waals surface area contributed by atoms with E-state index in [0.717, 1.165) is 35.1 Å². The number of amides is 2. The Hall–Kier alpha value is -3.35. The van der Waals surface area contributed by atoms with Crippen LogP contribution in [0.1, 0.15) is 140 Å². The number of fused-ring (bicyclic) bond motifs is 3. The summed E-state index contributed by atoms with van der Waals surface area (Å²) in [5.74, 6) is -1.15. The number of carbonyl (C=O) groups is 3. The molecule has 0 unspecified atom stereocenters. The van der Waals surface area contributed by atoms with E-state index in [0.29, 0.717) is 25.8 Å². The number of aliphatic carboxylic acids is 1. The topological polar surface area (TPSA) is 105 Å². The summed E-state index contributed by atoms with van der Waals surface area (Å²) in [6, 6.07) is 16.2. The largest absolute Gasteiger partial charge is 0.480 e. The average molecular weight is 621 g/mol. The van der Waals surface area contributed by atoms with Crippen LogP contribution in [-0.2, 0) is 14.3 Å². The third kappa shape index (κ3) is 12.2. The van der Waals surface area contributed by atoms with Gasteiger partial charge in [0.1, 0.15) is 12.1 Å². The summed E-state index contributed by atoms with van der Waals surface area (Å²) in [6.45, 7) is 4.38. The van der Waals surface area contributed by atoms with E-state index in [1.54, 1.807) is 0 Å². The lowest BCUT2D eigenvalue weighted by Crippen LogP contribution is -2.52. The number of alkyl carbamates (subject to hydrolysis) is 1. The van der Waals surface area contributed by atoms with Crippen LogP contribution in [0.25, 0.3) is 11.1 Å². The van der Waals surface area contributed by atoms with Crippen molar-refractivity contribution in [2.75, 3.05) is 13.2 Å². The van der Waals surface area contributed by atoms with Crippen LogP contribution in [0.15, 0.2) is 48.5 Å². The summed E-state index contributed by atoms with van der Waals surface area (Å²) < 4.78 is 5.57. The molecule has 3 N–H and O–H groups in total. The molecule has 0 fully saturated rings. The Labute approximate surface area is 270 Å². The lowest BCUT2D eigenvalue weighted by Gasteiger charge is -2.26. The maximum atomic E-state index is 12.7. The Bertz CT molecular complexity index is 1150. The molecule has 1 aliphatic rings. The lowest BCUT2D eigenvalue weighted by molar-refractivity contribution is -0.144. The first kappa shape index (κ1) is 36.1. The highest BCUT2D eigenvalue weighted by Crippen LogP contribution is 2.44. The Morgan fingerprint density at radius 2 is 1.24 bits per heavy atom. The SMILES string of the molecule is CCCCCCCCCCCCCCCC(=O)NCCCC[C@](C)(NC(=O)OCC1c2ccccc2-c2ccccc21)C(=O)O. The van der Waals surface area contributed by atoms with Crippen LogP contribution in [0.4, 0.5) is 4.79 Å². The van der Waals surface area contributed by atoms with Crippen LogP contribution in [0.3, 0.4) is 0 Å². The van der Waals surface area contributed by atoms with Crippen molar-refractivity contribution in [3.05, 3.63) is 59.7 Å². The van der Waals surface area contributed by atoms with Crippen molar-refractivity contribution in [2.24, 2.45) is 0 Å². The monoisotopic (exact) mass is 620 g/mol. The van der Waals surface area contributed by atoms with Gasteiger partial charge in [-0.2, -0.15) is 0 Å². The van der Waals surface area contributed by atoms with Gasteiger partial charge in [-0.25, -0.2) is 9.59 Å². The number of nitrogens with one attached hydrogen (secondary N) is 2. The van der Waals surface area contributed by atoms with Crippen molar-refractivity contribution in [2.45, 2.75) is 134 Å². The number of hydrogen-bond donors (Lipinski definition) is 3. The maximum Gasteiger partial charge on any atom is 0.408 e. The molecule has 0 aliphatic heterocycles. The zero-order valence-electron chi connectivity index (χ0n) is 27.7. The highest BCUT2D eigenvalue weighted by atomic mass is 16.5. The first-order valence-electron chi connectivity index (χ1n) is 17.5. The molecule has 1 atom stereocenters. The molecule has 0 radical (unpaired) electrons. The highest BCUT2D eigenvalue weighted by molar-refractivity contribution is 5.84. The van der Waals surface area contributed by atoms with Gasteiger partial charge in [-0.3, -0.25) is 4.79 Å². The molecule has 0 saturated carbocycles. The molecule has 1 aliphatic carbocycles. The molecule has 0 saturated heterocycles. The summed E-state index contributed by atoms with van der Waals surface area (Å²) in [5.41, 5.74) is 3.01. The molecule has 3 rings (SSSR count). The molecule has 0 heterocycles. The average Bonchev–Trinajstić information content (AvgIpc) is 3.35. The summed E-state index contributed by atoms with van der Waals surface area (Å²) in [6.07, 6.45) is 17.8. The van der Waals surface area contributed by atoms with Gasteiger partial charge in [-0.15, -0.1) is 0 Å². The van der Waals surface area contributed by atoms with Crippen molar-refractivity contribution >= 4 is 18.0 Å². The van der Waals surface area contributed by atoms with Crippen molar-refractivity contribution < 1.29 is 24.2 Å². The number of unbranched alkanes of at least 4 members (excludes halogenated alkanes) is 13. The molecule has 2 aromatic carbocycles. The summed E-state index contributed by atoms with van der Waals surface area (Å²) in [4.78, 5) is 37.0. The Morgan fingerprint density at radius 1 is 0.733 bits per heavy atom. The summed E-state index contributed by atoms with van der Waals surface area (Å²) >= 11 is 0. The van der Waals surface area contributed by atoms with Gasteiger partial charge in [0.25, 0.3) is 0 Å². The van der Waals surface area contributed by atoms with Crippen molar-refractivity contribution in [3.8, 4) is 11.1 Å². The predicted octanol–water partition coefficient (Wildman–Crippen LogP) is 9.14. The van der Waals surface area contributed by atoms with E-state index in [1.807, 2.05) is 36.4 Å². The van der Waals surface area contributed by atoms with E-state index in [1.165, 1.54) is 77.6 Å². The number of carboxylic acids is 1. The van der Waals surface area contributed by atoms with Gasteiger partial charge in [0.15, 0.2) is 0 Å². The maximum absolute atomic E-state index is 12.7. The molecule has 45 heavy (non-hydrogen) atoms. The fourth-order valence-electron chi connectivity index (χ4n) is 6.31. The number of carboxylic acid groups (broad SMARTS) is 1. The second kappa shape index (κ2) is 19.9. The minimum absolute atomic E-state index is 0.0517. The summed E-state index contributed by atoms with van der Waals surface area (Å²) in [5, 5.41) is 15.4. The minimum Gasteiger partial charge on any atom is -0.480 e. The number of benzene rings is 2. The molecule has 0 bridgehead atoms. The second-order valence-electron chi connectivity index (χ2n) is 12.9. The smallest absolute Gasteiger partial charge is 0.408 e. The molecule has 0 spiro atoms. The van der Waals surface area contributed by atoms with E-state index < -0.39 is 17.6 Å². The van der Waals surface area contributed by atoms with Crippen LogP contribution in [0.2, 0.25) is 0 Å². The van der Waals surface area contributed by atoms with Crippen molar-refractivity contribution in [3.63, 3.8) is 0 Å². The number of rotatable bonds is 23. The normalized spacial score (nSPS) is 13.5. The molecule has 7 heteroatoms. The third-order valence-electron chi connectivity index (χ3n) is 9.13. The molecule has 2 aromatic rings. The Morgan fingerprint density at radius 3 is 1.78 bits per heavy atom. The van der Waals surface area contributed by atoms with Gasteiger partial charge in [0, 0.05) is 18.9 Å². The van der Waals surface area contributed by atoms with Gasteiger partial charge in [-0.1, -0.05) is 133 Å². The summed E-state index contributed by atoms with van der Waals surface area (Å²) in [7, 11) is 0. The Balaban J connectivity index is 1.24. The van der Waals surface area contributed by atoms with E-state index in [4.69, 9.17) is 4.74 Å². The highest BCUT2D eigenvalue weighted by Gasteiger charge is 2.36. The molecule has 0 aromatic heterocycles. The van der Waals surface area contributed by atoms with E-state index in [2.05, 4.69) is 29.7 Å². The predicted molar refractivity (Wildman–Crippen MR) is 181 cm³/mol. The van der Waals surface area contributed by atoms with E-state index in [9.17, 15) is 19.5 Å². The van der Waals surface area contributed by atoms with Crippen molar-refractivity contribution in [1.29, 1.82) is 0 Å². The van der Waals surface area contributed by atoms with Crippen LogP contribution in [0.5, 0.6) is 0 Å². The quantitative estimate of drug-likeness (QED) is 0.107. The lowest BCUT2D eigenvalue weighted by atomic mass is 9.95. The van der Waals surface area contributed by atoms with Gasteiger partial charge in [0.05, 0.1) is 0 Å². The standard InChI is InChI=1S/C38H56N2O5/c1-3-4-5-6-7-8-9-10-11-12-13-14-15-26-35(41)39-28-21-20-27-38(2,36(42)43)40-37(44)45-29-34-32-24-18-16-22-30(32)31-23-17-19-25-33(31)34/h16-19,22-25,34H,3-15,20-21,26-29H2,1-2H3,(H,39,41)(H,40,44)(H,42,43)/t38-/m0/s1. The van der Waals surface area contributed by atoms with Crippen LogP contribution >= 0.6 is 0 Å². The third-order valence-corrected chi connectivity index (χ3v) is 9.13. The van der Waals surface area contributed by atoms with Crippen LogP contribution < -0.4 is 10.6 Å². The molecular formula is C38H56N2O5. The fraction of sp³-hybridized carbons (Fsp3) is 0.605. The number of hydrogen-bond acceptors (Lipinski definition) is 4. The van der Waals surface area contributed by atoms with E-state index in [-0.39, 0.29) is 24.9 Å². The molecule has 248 valence electrons. The number of ether oxygens (including phenoxy) is 1. The second-order valence-corrected chi connectivity index (χ2v) is 12.9.